The van der Waals surface area contributed by atoms with E-state index in [4.69, 9.17) is 11.6 Å². The molecule has 10 aromatic rings. The van der Waals surface area contributed by atoms with Crippen molar-refractivity contribution >= 4 is 119 Å². The number of aryl methyl sites for hydroxylation is 2. The summed E-state index contributed by atoms with van der Waals surface area (Å²) in [5.41, 5.74) is 6.01. The number of piperazine rings is 1. The molecule has 84 heavy (non-hydrogen) atoms. The number of fused-ring (bicyclic) bond motifs is 6. The number of phenolic OH excluding ortho intramolecular Hbond substituents is 1. The van der Waals surface area contributed by atoms with Crippen molar-refractivity contribution in [3.63, 3.8) is 0 Å². The first-order valence-corrected chi connectivity index (χ1v) is 28.4. The van der Waals surface area contributed by atoms with Crippen LogP contribution < -0.4 is 36.9 Å². The molecule has 22 nitrogen and oxygen atoms in total. The number of anilines is 5. The van der Waals surface area contributed by atoms with Crippen LogP contribution in [0.15, 0.2) is 108 Å². The lowest BCUT2D eigenvalue weighted by Gasteiger charge is -2.34. The van der Waals surface area contributed by atoms with Gasteiger partial charge in [0.2, 0.25) is 11.7 Å². The smallest absolute Gasteiger partial charge is 0.287 e. The molecule has 1 saturated heterocycles. The number of nitrogens with one attached hydrogen (secondary N) is 6. The number of carbonyl (C=O) groups is 5. The average molecular weight is 1150 g/mol. The van der Waals surface area contributed by atoms with E-state index in [1.165, 1.54) is 16.8 Å². The molecule has 2 aliphatic rings. The molecule has 0 bridgehead atoms. The lowest BCUT2D eigenvalue weighted by Crippen LogP contribution is -2.47. The molecule has 0 radical (unpaired) electrons. The van der Waals surface area contributed by atoms with Crippen LogP contribution in [0.1, 0.15) is 79.6 Å². The van der Waals surface area contributed by atoms with Gasteiger partial charge in [-0.15, -0.1) is 11.6 Å². The number of hydrogen-bond acceptors (Lipinski definition) is 13. The third kappa shape index (κ3) is 10.3. The number of imidazole rings is 2. The maximum Gasteiger partial charge on any atom is 0.287 e. The van der Waals surface area contributed by atoms with Crippen molar-refractivity contribution in [2.24, 2.45) is 14.1 Å². The molecule has 5 aromatic carbocycles. The number of phenols is 1. The fourth-order valence-corrected chi connectivity index (χ4v) is 12.0. The lowest BCUT2D eigenvalue weighted by atomic mass is 9.94. The number of aromatic amines is 1. The number of benzene rings is 5. The zero-order chi connectivity index (χ0) is 58.5. The van der Waals surface area contributed by atoms with Crippen LogP contribution >= 0.6 is 11.6 Å². The number of para-hydroxylation sites is 1. The van der Waals surface area contributed by atoms with Crippen molar-refractivity contribution < 1.29 is 34.2 Å². The van der Waals surface area contributed by atoms with Gasteiger partial charge >= 0.3 is 0 Å². The highest BCUT2D eigenvalue weighted by Gasteiger charge is 2.36. The Morgan fingerprint density at radius 2 is 1.55 bits per heavy atom. The van der Waals surface area contributed by atoms with Crippen LogP contribution in [0, 0.1) is 0 Å². The number of rotatable bonds is 18. The average Bonchev–Trinajstić information content (AvgIpc) is 1.75. The van der Waals surface area contributed by atoms with E-state index in [2.05, 4.69) is 51.3 Å². The van der Waals surface area contributed by atoms with E-state index < -0.39 is 17.7 Å². The molecule has 1 atom stereocenters. The van der Waals surface area contributed by atoms with E-state index in [9.17, 15) is 39.0 Å². The predicted molar refractivity (Wildman–Crippen MR) is 325 cm³/mol. The van der Waals surface area contributed by atoms with Gasteiger partial charge in [-0.2, -0.15) is 0 Å². The fourth-order valence-electron chi connectivity index (χ4n) is 11.8. The maximum atomic E-state index is 14.4. The molecular formula is C61H61ClN14O8. The minimum Gasteiger partial charge on any atom is -0.507 e. The number of alkyl halides is 1. The van der Waals surface area contributed by atoms with Crippen molar-refractivity contribution in [2.45, 2.75) is 32.1 Å². The molecule has 1 fully saturated rings. The Bertz CT molecular complexity index is 4330. The highest BCUT2D eigenvalue weighted by Crippen LogP contribution is 2.46. The van der Waals surface area contributed by atoms with E-state index in [-0.39, 0.29) is 87.8 Å². The van der Waals surface area contributed by atoms with Gasteiger partial charge in [-0.1, -0.05) is 19.1 Å². The number of hydrogen-bond donors (Lipinski definition) is 8. The lowest BCUT2D eigenvalue weighted by molar-refractivity contribution is -0.115. The summed E-state index contributed by atoms with van der Waals surface area (Å²) < 4.78 is 4.97. The van der Waals surface area contributed by atoms with Crippen LogP contribution in [-0.2, 0) is 18.9 Å². The molecule has 12 rings (SSSR count). The molecule has 2 aliphatic heterocycles. The Balaban J connectivity index is 0.626. The first kappa shape index (κ1) is 55.0. The molecule has 430 valence electrons. The van der Waals surface area contributed by atoms with Gasteiger partial charge in [-0.05, 0) is 104 Å². The summed E-state index contributed by atoms with van der Waals surface area (Å²) in [5, 5.41) is 39.8. The Kier molecular flexibility index (Phi) is 14.9. The second-order valence-corrected chi connectivity index (χ2v) is 21.8. The minimum absolute atomic E-state index is 0.0107. The SMILES string of the molecule is CCC(=O)Nc1cn(C)c(C(=O)Nc2ccc3[nH]c(C(=O)N4CC(CCl)c5c4cc(O)c4ccc(C(=O)Nc6cn(C)c(C(=O)NCCCN7CCN(CCCNc8ccc9ncn%10c%11ccccc%11c(=O)c8c9%10)CC7)n6)cc54)cc3c2)c1O. The number of aromatic hydroxyl groups is 2. The summed E-state index contributed by atoms with van der Waals surface area (Å²) in [4.78, 5) is 99.1. The van der Waals surface area contributed by atoms with Crippen LogP contribution in [0.4, 0.5) is 28.6 Å². The zero-order valence-corrected chi connectivity index (χ0v) is 47.1. The number of halogens is 1. The van der Waals surface area contributed by atoms with Gasteiger partial charge in [0.1, 0.15) is 23.5 Å². The third-order valence-corrected chi connectivity index (χ3v) is 16.4. The zero-order valence-electron chi connectivity index (χ0n) is 46.4. The Labute approximate surface area is 485 Å². The number of pyridine rings is 1. The van der Waals surface area contributed by atoms with Gasteiger partial charge in [0, 0.05) is 135 Å². The van der Waals surface area contributed by atoms with E-state index in [1.54, 1.807) is 85.5 Å². The van der Waals surface area contributed by atoms with E-state index in [0.29, 0.717) is 55.9 Å². The molecule has 23 heteroatoms. The van der Waals surface area contributed by atoms with Crippen molar-refractivity contribution in [2.75, 3.05) is 90.9 Å². The highest BCUT2D eigenvalue weighted by atomic mass is 35.5. The molecular weight excluding hydrogens is 1090 g/mol. The van der Waals surface area contributed by atoms with Crippen LogP contribution in [0.3, 0.4) is 0 Å². The number of amides is 5. The molecule has 0 spiro atoms. The van der Waals surface area contributed by atoms with Crippen LogP contribution in [0.25, 0.3) is 49.0 Å². The summed E-state index contributed by atoms with van der Waals surface area (Å²) in [7, 11) is 3.26. The number of aromatic nitrogens is 6. The second kappa shape index (κ2) is 22.7. The van der Waals surface area contributed by atoms with Gasteiger partial charge in [0.15, 0.2) is 22.7 Å². The summed E-state index contributed by atoms with van der Waals surface area (Å²) >= 11 is 6.59. The third-order valence-electron chi connectivity index (χ3n) is 16.0. The van der Waals surface area contributed by atoms with Gasteiger partial charge in [-0.25, -0.2) is 9.97 Å². The normalized spacial score (nSPS) is 14.7. The Hall–Kier alpha value is -9.51. The van der Waals surface area contributed by atoms with Gasteiger partial charge in [0.25, 0.3) is 23.6 Å². The Morgan fingerprint density at radius 1 is 0.774 bits per heavy atom. The Morgan fingerprint density at radius 3 is 2.32 bits per heavy atom. The molecule has 0 aliphatic carbocycles. The number of carbonyl (C=O) groups excluding carboxylic acids is 5. The highest BCUT2D eigenvalue weighted by molar-refractivity contribution is 6.20. The standard InChI is InChI=1S/C61H61ClN14O8/c1-4-50(78)68-45-31-71(2)54(56(45)80)59(82)66-37-12-14-41-35(25-37)27-44(67-41)61(84)75-30-36(29-62)51-40-26-34(11-13-38(40)48(77)28-47(51)75)58(81)70-49-32-72(3)57(69-49)60(83)64-18-8-20-74-23-21-73(22-24-74)19-7-17-63-42-15-16-43-53-52(42)55(79)39-9-5-6-10-46(39)76(53)33-65-43/h5-6,9-16,25-28,31-33,36,63,67,77,80H,4,7-8,17-24,29-30H2,1-3H3,(H,64,83)(H,66,82)(H,68,78)(H,70,81). The maximum absolute atomic E-state index is 14.4. The monoisotopic (exact) mass is 1150 g/mol. The van der Waals surface area contributed by atoms with Crippen molar-refractivity contribution in [3.8, 4) is 11.5 Å². The first-order valence-electron chi connectivity index (χ1n) is 27.9. The minimum atomic E-state index is -0.614. The summed E-state index contributed by atoms with van der Waals surface area (Å²) in [6, 6.07) is 24.7. The van der Waals surface area contributed by atoms with Crippen LogP contribution in [0.2, 0.25) is 0 Å². The molecule has 5 amide bonds. The number of nitrogens with zero attached hydrogens (tertiary/aromatic N) is 8. The van der Waals surface area contributed by atoms with Crippen LogP contribution in [-0.4, -0.2) is 143 Å². The van der Waals surface area contributed by atoms with Gasteiger partial charge in [0.05, 0.1) is 27.6 Å². The first-order chi connectivity index (χ1) is 40.7. The summed E-state index contributed by atoms with van der Waals surface area (Å²) in [6.07, 6.45) is 6.66. The van der Waals surface area contributed by atoms with Crippen LogP contribution in [0.5, 0.6) is 11.5 Å². The molecule has 5 aromatic heterocycles. The summed E-state index contributed by atoms with van der Waals surface area (Å²) in [5.74, 6) is -2.57. The van der Waals surface area contributed by atoms with Gasteiger partial charge < -0.3 is 65.6 Å². The second-order valence-electron chi connectivity index (χ2n) is 21.5. The molecule has 1 unspecified atom stereocenters. The molecule has 8 N–H and O–H groups in total. The number of H-pyrrole nitrogens is 1. The van der Waals surface area contributed by atoms with E-state index in [0.717, 1.165) is 80.9 Å². The van der Waals surface area contributed by atoms with E-state index >= 15 is 0 Å². The van der Waals surface area contributed by atoms with Crippen molar-refractivity contribution in [1.29, 1.82) is 0 Å². The topological polar surface area (TPSA) is 269 Å². The fraction of sp³-hybridized carbons (Fsp3) is 0.279. The van der Waals surface area contributed by atoms with E-state index in [1.807, 2.05) is 40.8 Å². The molecule has 0 saturated carbocycles. The summed E-state index contributed by atoms with van der Waals surface area (Å²) in [6.45, 7) is 8.52. The largest absolute Gasteiger partial charge is 0.507 e. The molecule has 7 heterocycles. The van der Waals surface area contributed by atoms with Crippen molar-refractivity contribution in [3.05, 3.63) is 142 Å². The quantitative estimate of drug-likeness (QED) is 0.0234. The van der Waals surface area contributed by atoms with Crippen molar-refractivity contribution in [1.82, 2.24) is 43.6 Å². The predicted octanol–water partition coefficient (Wildman–Crippen LogP) is 7.63. The van der Waals surface area contributed by atoms with Gasteiger partial charge in [-0.3, -0.25) is 33.2 Å².